The predicted molar refractivity (Wildman–Crippen MR) is 117 cm³/mol. The number of ether oxygens (including phenoxy) is 2. The van der Waals surface area contributed by atoms with Gasteiger partial charge in [-0.25, -0.2) is 4.79 Å². The summed E-state index contributed by atoms with van der Waals surface area (Å²) in [6, 6.07) is 7.54. The van der Waals surface area contributed by atoms with E-state index < -0.39 is 5.41 Å². The maximum atomic E-state index is 12.9. The van der Waals surface area contributed by atoms with Crippen LogP contribution in [0.15, 0.2) is 55.8 Å². The summed E-state index contributed by atoms with van der Waals surface area (Å²) in [4.78, 5) is 12.9. The van der Waals surface area contributed by atoms with Crippen molar-refractivity contribution in [2.24, 2.45) is 0 Å². The second kappa shape index (κ2) is 7.71. The molecular weight excluding hydrogens is 380 g/mol. The zero-order valence-electron chi connectivity index (χ0n) is 18.2. The maximum absolute atomic E-state index is 12.9. The van der Waals surface area contributed by atoms with E-state index in [0.29, 0.717) is 22.6 Å². The zero-order valence-corrected chi connectivity index (χ0v) is 18.2. The van der Waals surface area contributed by atoms with Crippen molar-refractivity contribution in [1.82, 2.24) is 0 Å². The lowest BCUT2D eigenvalue weighted by atomic mass is 9.76. The number of benzene rings is 1. The Morgan fingerprint density at radius 2 is 2.10 bits per heavy atom. The molecule has 0 saturated carbocycles. The number of methoxy groups -OCH3 is 1. The molecule has 0 fully saturated rings. The second-order valence-corrected chi connectivity index (χ2v) is 8.49. The first kappa shape index (κ1) is 20.3. The van der Waals surface area contributed by atoms with E-state index in [2.05, 4.69) is 26.0 Å². The van der Waals surface area contributed by atoms with Gasteiger partial charge in [0.25, 0.3) is 0 Å². The van der Waals surface area contributed by atoms with Crippen LogP contribution in [-0.2, 0) is 11.8 Å². The van der Waals surface area contributed by atoms with E-state index in [1.54, 1.807) is 19.4 Å². The molecule has 0 unspecified atom stereocenters. The molecule has 2 aromatic heterocycles. The molecule has 0 aliphatic carbocycles. The summed E-state index contributed by atoms with van der Waals surface area (Å²) in [5, 5.41) is 0.806. The number of hydrogen-bond donors (Lipinski definition) is 0. The van der Waals surface area contributed by atoms with Crippen LogP contribution in [0.5, 0.6) is 11.5 Å². The van der Waals surface area contributed by atoms with Gasteiger partial charge < -0.3 is 18.3 Å². The Kier molecular flexibility index (Phi) is 5.22. The normalized spacial score (nSPS) is 21.0. The molecule has 0 N–H and O–H groups in total. The summed E-state index contributed by atoms with van der Waals surface area (Å²) in [5.74, 6) is 2.26. The van der Waals surface area contributed by atoms with Crippen LogP contribution in [0.4, 0.5) is 0 Å². The molecule has 30 heavy (non-hydrogen) atoms. The van der Waals surface area contributed by atoms with Gasteiger partial charge in [0.15, 0.2) is 0 Å². The van der Waals surface area contributed by atoms with Gasteiger partial charge in [-0.2, -0.15) is 0 Å². The Bertz CT molecular complexity index is 1170. The van der Waals surface area contributed by atoms with Crippen molar-refractivity contribution in [3.8, 4) is 11.5 Å². The number of rotatable bonds is 6. The molecule has 0 bridgehead atoms. The van der Waals surface area contributed by atoms with Crippen LogP contribution >= 0.6 is 0 Å². The van der Waals surface area contributed by atoms with Gasteiger partial charge in [-0.05, 0) is 57.4 Å². The van der Waals surface area contributed by atoms with Gasteiger partial charge in [-0.3, -0.25) is 0 Å². The Hall–Kier alpha value is -2.95. The minimum Gasteiger partial charge on any atom is -0.497 e. The van der Waals surface area contributed by atoms with E-state index in [4.69, 9.17) is 18.3 Å². The van der Waals surface area contributed by atoms with E-state index in [1.165, 1.54) is 5.57 Å². The van der Waals surface area contributed by atoms with Gasteiger partial charge in [-0.1, -0.05) is 18.6 Å². The molecule has 0 amide bonds. The summed E-state index contributed by atoms with van der Waals surface area (Å²) < 4.78 is 22.7. The van der Waals surface area contributed by atoms with Gasteiger partial charge in [0, 0.05) is 17.9 Å². The lowest BCUT2D eigenvalue weighted by Gasteiger charge is -2.26. The number of furan rings is 1. The molecule has 4 rings (SSSR count). The fourth-order valence-electron chi connectivity index (χ4n) is 4.28. The molecule has 2 atom stereocenters. The minimum atomic E-state index is -0.415. The van der Waals surface area contributed by atoms with Crippen molar-refractivity contribution in [2.45, 2.75) is 58.5 Å². The van der Waals surface area contributed by atoms with Crippen molar-refractivity contribution >= 4 is 11.0 Å². The topological polar surface area (TPSA) is 61.8 Å². The first-order valence-electron chi connectivity index (χ1n) is 10.3. The molecule has 1 aromatic carbocycles. The first-order chi connectivity index (χ1) is 14.3. The lowest BCUT2D eigenvalue weighted by Crippen LogP contribution is -2.35. The molecule has 3 heterocycles. The van der Waals surface area contributed by atoms with Crippen LogP contribution in [0.1, 0.15) is 50.5 Å². The molecule has 0 saturated heterocycles. The van der Waals surface area contributed by atoms with Gasteiger partial charge in [0.2, 0.25) is 0 Å². The van der Waals surface area contributed by atoms with Crippen LogP contribution in [0.25, 0.3) is 11.0 Å². The summed E-state index contributed by atoms with van der Waals surface area (Å²) in [5.41, 5.74) is 2.76. The quantitative estimate of drug-likeness (QED) is 0.386. The van der Waals surface area contributed by atoms with Crippen LogP contribution < -0.4 is 15.1 Å². The van der Waals surface area contributed by atoms with Crippen molar-refractivity contribution in [1.29, 1.82) is 0 Å². The minimum absolute atomic E-state index is 0.121. The third-order valence-corrected chi connectivity index (χ3v) is 6.22. The fraction of sp³-hybridized carbons (Fsp3) is 0.400. The largest absolute Gasteiger partial charge is 0.497 e. The molecule has 1 aliphatic rings. The highest BCUT2D eigenvalue weighted by Gasteiger charge is 2.46. The zero-order chi connectivity index (χ0) is 21.5. The van der Waals surface area contributed by atoms with Crippen LogP contribution in [0, 0.1) is 6.92 Å². The highest BCUT2D eigenvalue weighted by Crippen LogP contribution is 2.47. The molecule has 0 spiro atoms. The van der Waals surface area contributed by atoms with Gasteiger partial charge in [0.1, 0.15) is 28.9 Å². The average molecular weight is 408 g/mol. The second-order valence-electron chi connectivity index (χ2n) is 8.49. The molecule has 1 aliphatic heterocycles. The number of allylic oxidation sites excluding steroid dienone is 2. The maximum Gasteiger partial charge on any atom is 0.343 e. The summed E-state index contributed by atoms with van der Waals surface area (Å²) in [7, 11) is 1.59. The van der Waals surface area contributed by atoms with Gasteiger partial charge >= 0.3 is 5.63 Å². The van der Waals surface area contributed by atoms with Crippen molar-refractivity contribution in [3.63, 3.8) is 0 Å². The third kappa shape index (κ3) is 3.53. The van der Waals surface area contributed by atoms with Gasteiger partial charge in [-0.15, -0.1) is 0 Å². The highest BCUT2D eigenvalue weighted by atomic mass is 16.5. The third-order valence-electron chi connectivity index (χ3n) is 6.22. The van der Waals surface area contributed by atoms with Crippen molar-refractivity contribution in [3.05, 3.63) is 69.5 Å². The molecule has 5 heteroatoms. The number of hydrogen-bond acceptors (Lipinski definition) is 5. The van der Waals surface area contributed by atoms with E-state index in [9.17, 15) is 4.79 Å². The summed E-state index contributed by atoms with van der Waals surface area (Å²) >= 11 is 0. The monoisotopic (exact) mass is 408 g/mol. The molecule has 5 nitrogen and oxygen atoms in total. The van der Waals surface area contributed by atoms with Crippen molar-refractivity contribution < 1.29 is 18.3 Å². The molecule has 0 radical (unpaired) electrons. The Balaban J connectivity index is 1.60. The smallest absolute Gasteiger partial charge is 0.343 e. The molecule has 3 aromatic rings. The molecule has 158 valence electrons. The molecular formula is C25H28O5. The van der Waals surface area contributed by atoms with E-state index >= 15 is 0 Å². The van der Waals surface area contributed by atoms with Crippen LogP contribution in [0.2, 0.25) is 0 Å². The Morgan fingerprint density at radius 1 is 1.30 bits per heavy atom. The average Bonchev–Trinajstić information content (AvgIpc) is 3.22. The summed E-state index contributed by atoms with van der Waals surface area (Å²) in [6.45, 7) is 8.25. The number of aryl methyl sites for hydroxylation is 1. The predicted octanol–water partition coefficient (Wildman–Crippen LogP) is 5.71. The van der Waals surface area contributed by atoms with E-state index in [1.807, 2.05) is 26.0 Å². The highest BCUT2D eigenvalue weighted by molar-refractivity contribution is 5.86. The number of fused-ring (bicyclic) bond motifs is 3. The fourth-order valence-corrected chi connectivity index (χ4v) is 4.28. The Labute approximate surface area is 176 Å². The lowest BCUT2D eigenvalue weighted by molar-refractivity contribution is 0.169. The van der Waals surface area contributed by atoms with Gasteiger partial charge in [0.05, 0.1) is 24.3 Å². The van der Waals surface area contributed by atoms with Crippen LogP contribution in [-0.4, -0.2) is 13.2 Å². The van der Waals surface area contributed by atoms with E-state index in [-0.39, 0.29) is 11.7 Å². The van der Waals surface area contributed by atoms with E-state index in [0.717, 1.165) is 36.0 Å². The Morgan fingerprint density at radius 3 is 2.80 bits per heavy atom. The SMILES string of the molecule is COc1ccc2c3c(c(=O)oc2c1)[C@](C)(CC/C=C(\C)Cc1cc(C)co1)[C@H](C)O3. The standard InChI is InChI=1S/C25H28O5/c1-15(11-19-12-16(2)14-28-19)7-6-10-25(4)17(3)29-23-20-9-8-18(27-5)13-21(20)30-24(26)22(23)25/h7-9,12-14,17H,6,10-11H2,1-5H3/b15-7+/t17-,25+/m0/s1. The van der Waals surface area contributed by atoms with Crippen molar-refractivity contribution in [2.75, 3.05) is 7.11 Å². The first-order valence-corrected chi connectivity index (χ1v) is 10.3. The summed E-state index contributed by atoms with van der Waals surface area (Å²) in [6.07, 6.45) is 6.31. The van der Waals surface area contributed by atoms with Crippen LogP contribution in [0.3, 0.4) is 0 Å².